The molecule has 3 N–H and O–H groups in total. The summed E-state index contributed by atoms with van der Waals surface area (Å²) in [5.74, 6) is -2.58. The fourth-order valence-corrected chi connectivity index (χ4v) is 1.10. The van der Waals surface area contributed by atoms with Crippen molar-refractivity contribution in [1.82, 2.24) is 5.32 Å². The number of hydrogen-bond acceptors (Lipinski definition) is 3. The summed E-state index contributed by atoms with van der Waals surface area (Å²) in [6, 6.07) is -1.04. The summed E-state index contributed by atoms with van der Waals surface area (Å²) in [6.07, 6.45) is 1.61. The molecule has 0 heterocycles. The third-order valence-corrected chi connectivity index (χ3v) is 1.85. The molecule has 0 unspecified atom stereocenters. The van der Waals surface area contributed by atoms with E-state index in [0.29, 0.717) is 0 Å². The average molecular weight is 229 g/mol. The highest BCUT2D eigenvalue weighted by Gasteiger charge is 2.19. The van der Waals surface area contributed by atoms with Crippen molar-refractivity contribution >= 4 is 17.8 Å². The molecule has 0 aliphatic carbocycles. The minimum atomic E-state index is -1.16. The summed E-state index contributed by atoms with van der Waals surface area (Å²) >= 11 is 0. The number of carboxylic acid groups (broad SMARTS) is 2. The molecule has 0 rings (SSSR count). The fraction of sp³-hybridized carbons (Fsp3) is 0.500. The zero-order chi connectivity index (χ0) is 12.6. The van der Waals surface area contributed by atoms with Gasteiger partial charge >= 0.3 is 11.9 Å². The van der Waals surface area contributed by atoms with Gasteiger partial charge in [-0.2, -0.15) is 0 Å². The Labute approximate surface area is 93.0 Å². The highest BCUT2D eigenvalue weighted by atomic mass is 16.4. The smallest absolute Gasteiger partial charge is 0.326 e. The summed E-state index contributed by atoms with van der Waals surface area (Å²) in [5, 5.41) is 19.4. The number of carboxylic acids is 2. The summed E-state index contributed by atoms with van der Waals surface area (Å²) in [6.45, 7) is 3.35. The molecule has 6 heteroatoms. The second-order valence-electron chi connectivity index (χ2n) is 3.24. The zero-order valence-corrected chi connectivity index (χ0v) is 8.81. The van der Waals surface area contributed by atoms with Crippen molar-refractivity contribution in [3.63, 3.8) is 0 Å². The predicted molar refractivity (Wildman–Crippen MR) is 55.9 cm³/mol. The monoisotopic (exact) mass is 229 g/mol. The summed E-state index contributed by atoms with van der Waals surface area (Å²) in [4.78, 5) is 32.0. The van der Waals surface area contributed by atoms with Crippen molar-refractivity contribution in [3.8, 4) is 0 Å². The van der Waals surface area contributed by atoms with Gasteiger partial charge in [-0.3, -0.25) is 9.59 Å². The van der Waals surface area contributed by atoms with Gasteiger partial charge in [-0.15, -0.1) is 6.58 Å². The highest BCUT2D eigenvalue weighted by Crippen LogP contribution is 2.02. The van der Waals surface area contributed by atoms with Crippen molar-refractivity contribution in [3.05, 3.63) is 12.7 Å². The molecule has 0 aliphatic heterocycles. The van der Waals surface area contributed by atoms with Crippen LogP contribution in [0.1, 0.15) is 25.7 Å². The second-order valence-corrected chi connectivity index (χ2v) is 3.24. The molecule has 6 nitrogen and oxygen atoms in total. The Morgan fingerprint density at radius 2 is 1.94 bits per heavy atom. The standard InChI is InChI=1S/C10H15NO5/c1-2-4-8(12)11-7(10(15)16)5-3-6-9(13)14/h2,7H,1,3-6H2,(H,11,12)(H,13,14)(H,15,16)/t7-/m1/s1. The maximum atomic E-state index is 11.1. The topological polar surface area (TPSA) is 104 Å². The van der Waals surface area contributed by atoms with Crippen LogP contribution in [0, 0.1) is 0 Å². The largest absolute Gasteiger partial charge is 0.481 e. The Balaban J connectivity index is 4.07. The van der Waals surface area contributed by atoms with Crippen LogP contribution in [-0.2, 0) is 14.4 Å². The number of amides is 1. The van der Waals surface area contributed by atoms with E-state index in [9.17, 15) is 14.4 Å². The van der Waals surface area contributed by atoms with Crippen LogP contribution in [-0.4, -0.2) is 34.1 Å². The average Bonchev–Trinajstić information content (AvgIpc) is 2.15. The predicted octanol–water partition coefficient (Wildman–Crippen LogP) is 0.387. The molecule has 0 aromatic heterocycles. The van der Waals surface area contributed by atoms with Crippen LogP contribution in [0.4, 0.5) is 0 Å². The van der Waals surface area contributed by atoms with Crippen molar-refractivity contribution in [2.75, 3.05) is 0 Å². The SMILES string of the molecule is C=CCC(=O)N[C@H](CCCC(=O)O)C(=O)O. The Morgan fingerprint density at radius 1 is 1.31 bits per heavy atom. The summed E-state index contributed by atoms with van der Waals surface area (Å²) in [5.41, 5.74) is 0. The van der Waals surface area contributed by atoms with Gasteiger partial charge in [0.15, 0.2) is 0 Å². The van der Waals surface area contributed by atoms with E-state index < -0.39 is 23.9 Å². The first-order chi connectivity index (χ1) is 7.47. The van der Waals surface area contributed by atoms with E-state index in [4.69, 9.17) is 10.2 Å². The molecule has 16 heavy (non-hydrogen) atoms. The summed E-state index contributed by atoms with van der Waals surface area (Å²) in [7, 11) is 0. The van der Waals surface area contributed by atoms with E-state index >= 15 is 0 Å². The van der Waals surface area contributed by atoms with E-state index in [1.165, 1.54) is 6.08 Å². The van der Waals surface area contributed by atoms with Gasteiger partial charge in [0, 0.05) is 12.8 Å². The van der Waals surface area contributed by atoms with Crippen molar-refractivity contribution in [1.29, 1.82) is 0 Å². The number of hydrogen-bond donors (Lipinski definition) is 3. The first-order valence-electron chi connectivity index (χ1n) is 4.82. The number of aliphatic carboxylic acids is 2. The molecular formula is C10H15NO5. The Morgan fingerprint density at radius 3 is 2.38 bits per heavy atom. The molecule has 0 aromatic rings. The van der Waals surface area contributed by atoms with Gasteiger partial charge in [-0.25, -0.2) is 4.79 Å². The van der Waals surface area contributed by atoms with Crippen LogP contribution in [0.15, 0.2) is 12.7 Å². The first-order valence-corrected chi connectivity index (χ1v) is 4.82. The first kappa shape index (κ1) is 14.2. The molecule has 0 saturated carbocycles. The molecule has 0 bridgehead atoms. The lowest BCUT2D eigenvalue weighted by atomic mass is 10.1. The van der Waals surface area contributed by atoms with Gasteiger partial charge in [-0.1, -0.05) is 6.08 Å². The highest BCUT2D eigenvalue weighted by molar-refractivity contribution is 5.84. The van der Waals surface area contributed by atoms with Crippen LogP contribution in [0.3, 0.4) is 0 Å². The molecular weight excluding hydrogens is 214 g/mol. The third-order valence-electron chi connectivity index (χ3n) is 1.85. The maximum absolute atomic E-state index is 11.1. The van der Waals surface area contributed by atoms with Gasteiger partial charge < -0.3 is 15.5 Å². The van der Waals surface area contributed by atoms with Crippen molar-refractivity contribution in [2.45, 2.75) is 31.7 Å². The Bertz CT molecular complexity index is 287. The van der Waals surface area contributed by atoms with Crippen LogP contribution < -0.4 is 5.32 Å². The molecule has 1 amide bonds. The molecule has 1 atom stereocenters. The second kappa shape index (κ2) is 7.44. The van der Waals surface area contributed by atoms with Gasteiger partial charge in [0.25, 0.3) is 0 Å². The maximum Gasteiger partial charge on any atom is 0.326 e. The lowest BCUT2D eigenvalue weighted by molar-refractivity contribution is -0.142. The van der Waals surface area contributed by atoms with E-state index in [1.807, 2.05) is 0 Å². The lowest BCUT2D eigenvalue weighted by Crippen LogP contribution is -2.40. The lowest BCUT2D eigenvalue weighted by Gasteiger charge is -2.13. The number of nitrogens with one attached hydrogen (secondary N) is 1. The molecule has 0 spiro atoms. The Hall–Kier alpha value is -1.85. The molecule has 90 valence electrons. The molecule has 0 fully saturated rings. The van der Waals surface area contributed by atoms with E-state index in [-0.39, 0.29) is 25.7 Å². The molecule has 0 radical (unpaired) electrons. The fourth-order valence-electron chi connectivity index (χ4n) is 1.10. The number of rotatable bonds is 8. The van der Waals surface area contributed by atoms with Gasteiger partial charge in [0.1, 0.15) is 6.04 Å². The van der Waals surface area contributed by atoms with E-state index in [0.717, 1.165) is 0 Å². The van der Waals surface area contributed by atoms with E-state index in [2.05, 4.69) is 11.9 Å². The summed E-state index contributed by atoms with van der Waals surface area (Å²) < 4.78 is 0. The zero-order valence-electron chi connectivity index (χ0n) is 8.81. The molecule has 0 saturated heterocycles. The van der Waals surface area contributed by atoms with Crippen molar-refractivity contribution in [2.24, 2.45) is 0 Å². The van der Waals surface area contributed by atoms with Gasteiger partial charge in [-0.05, 0) is 12.8 Å². The number of carbonyl (C=O) groups excluding carboxylic acids is 1. The third kappa shape index (κ3) is 6.58. The molecule has 0 aliphatic rings. The quantitative estimate of drug-likeness (QED) is 0.522. The van der Waals surface area contributed by atoms with E-state index in [1.54, 1.807) is 0 Å². The minimum Gasteiger partial charge on any atom is -0.481 e. The van der Waals surface area contributed by atoms with Gasteiger partial charge in [0.05, 0.1) is 0 Å². The Kier molecular flexibility index (Phi) is 6.58. The van der Waals surface area contributed by atoms with Crippen molar-refractivity contribution < 1.29 is 24.6 Å². The minimum absolute atomic E-state index is 0.0444. The van der Waals surface area contributed by atoms with Gasteiger partial charge in [0.2, 0.25) is 5.91 Å². The normalized spacial score (nSPS) is 11.5. The number of carbonyl (C=O) groups is 3. The van der Waals surface area contributed by atoms with Crippen LogP contribution in [0.5, 0.6) is 0 Å². The van der Waals surface area contributed by atoms with Crippen LogP contribution in [0.2, 0.25) is 0 Å². The molecule has 0 aromatic carbocycles. The van der Waals surface area contributed by atoms with Crippen LogP contribution in [0.25, 0.3) is 0 Å². The van der Waals surface area contributed by atoms with Crippen LogP contribution >= 0.6 is 0 Å².